The smallest absolute Gasteiger partial charge is 0.234 e. The zero-order valence-electron chi connectivity index (χ0n) is 21.1. The van der Waals surface area contributed by atoms with Crippen molar-refractivity contribution in [2.24, 2.45) is 11.1 Å². The minimum atomic E-state index is -0.670. The predicted octanol–water partition coefficient (Wildman–Crippen LogP) is 5.11. The quantitative estimate of drug-likeness (QED) is 0.404. The maximum Gasteiger partial charge on any atom is 0.234 e. The van der Waals surface area contributed by atoms with Gasteiger partial charge in [-0.1, -0.05) is 49.1 Å². The lowest BCUT2D eigenvalue weighted by atomic mass is 9.69. The molecule has 1 aliphatic heterocycles. The lowest BCUT2D eigenvalue weighted by Gasteiger charge is -2.42. The molecular formula is C27H26N6O3S2. The molecule has 1 amide bonds. The number of rotatable bonds is 6. The van der Waals surface area contributed by atoms with E-state index in [1.807, 2.05) is 45.0 Å². The van der Waals surface area contributed by atoms with Crippen molar-refractivity contribution < 1.29 is 14.0 Å². The summed E-state index contributed by atoms with van der Waals surface area (Å²) in [5.41, 5.74) is 9.52. The van der Waals surface area contributed by atoms with Gasteiger partial charge in [-0.15, -0.1) is 10.2 Å². The van der Waals surface area contributed by atoms with Gasteiger partial charge in [0.25, 0.3) is 0 Å². The molecule has 5 rings (SSSR count). The first-order chi connectivity index (χ1) is 18.2. The number of nitriles is 1. The monoisotopic (exact) mass is 546 g/mol. The van der Waals surface area contributed by atoms with Crippen molar-refractivity contribution in [3.8, 4) is 6.07 Å². The van der Waals surface area contributed by atoms with Gasteiger partial charge in [-0.25, -0.2) is 0 Å². The number of aryl methyl sites for hydroxylation is 1. The topological polar surface area (TPSA) is 138 Å². The van der Waals surface area contributed by atoms with E-state index in [0.29, 0.717) is 39.3 Å². The van der Waals surface area contributed by atoms with Gasteiger partial charge >= 0.3 is 0 Å². The first kappa shape index (κ1) is 25.8. The third-order valence-corrected chi connectivity index (χ3v) is 8.47. The molecule has 0 saturated carbocycles. The molecule has 0 radical (unpaired) electrons. The van der Waals surface area contributed by atoms with E-state index >= 15 is 0 Å². The minimum Gasteiger partial charge on any atom is -0.468 e. The number of aromatic nitrogens is 2. The Labute approximate surface area is 228 Å². The summed E-state index contributed by atoms with van der Waals surface area (Å²) in [6.07, 6.45) is 2.43. The third-order valence-electron chi connectivity index (χ3n) is 6.42. The number of carbonyl (C=O) groups is 2. The summed E-state index contributed by atoms with van der Waals surface area (Å²) in [5.74, 6) is -0.0303. The van der Waals surface area contributed by atoms with Gasteiger partial charge in [-0.3, -0.25) is 14.5 Å². The van der Waals surface area contributed by atoms with Gasteiger partial charge in [0.15, 0.2) is 10.1 Å². The number of thioether (sulfide) groups is 1. The third kappa shape index (κ3) is 4.97. The van der Waals surface area contributed by atoms with Crippen molar-refractivity contribution in [3.63, 3.8) is 0 Å². The van der Waals surface area contributed by atoms with E-state index in [2.05, 4.69) is 21.6 Å². The lowest BCUT2D eigenvalue weighted by molar-refractivity contribution is -0.118. The molecule has 38 heavy (non-hydrogen) atoms. The number of hydrogen-bond acceptors (Lipinski definition) is 10. The first-order valence-electron chi connectivity index (χ1n) is 12.0. The molecule has 0 saturated heterocycles. The van der Waals surface area contributed by atoms with Gasteiger partial charge in [-0.05, 0) is 48.6 Å². The molecule has 11 heteroatoms. The number of furan rings is 1. The molecule has 1 unspecified atom stereocenters. The van der Waals surface area contributed by atoms with Crippen LogP contribution in [0.1, 0.15) is 43.9 Å². The van der Waals surface area contributed by atoms with Gasteiger partial charge in [0, 0.05) is 23.4 Å². The number of ketones is 1. The molecule has 3 heterocycles. The van der Waals surface area contributed by atoms with Crippen molar-refractivity contribution in [1.82, 2.24) is 10.2 Å². The molecular weight excluding hydrogens is 520 g/mol. The van der Waals surface area contributed by atoms with E-state index in [9.17, 15) is 14.9 Å². The van der Waals surface area contributed by atoms with E-state index in [-0.39, 0.29) is 34.3 Å². The van der Waals surface area contributed by atoms with Gasteiger partial charge < -0.3 is 15.5 Å². The second-order valence-corrected chi connectivity index (χ2v) is 12.2. The molecule has 2 aliphatic rings. The number of carbonyl (C=O) groups excluding carboxylic acids is 2. The predicted molar refractivity (Wildman–Crippen MR) is 146 cm³/mol. The van der Waals surface area contributed by atoms with Gasteiger partial charge in [0.05, 0.1) is 29.6 Å². The Morgan fingerprint density at radius 2 is 2.13 bits per heavy atom. The van der Waals surface area contributed by atoms with Crippen LogP contribution in [0.2, 0.25) is 0 Å². The van der Waals surface area contributed by atoms with Crippen LogP contribution in [0.5, 0.6) is 0 Å². The van der Waals surface area contributed by atoms with Gasteiger partial charge in [0.2, 0.25) is 11.0 Å². The van der Waals surface area contributed by atoms with Crippen molar-refractivity contribution in [3.05, 3.63) is 76.6 Å². The van der Waals surface area contributed by atoms with E-state index in [1.165, 1.54) is 29.4 Å². The fourth-order valence-corrected chi connectivity index (χ4v) is 6.55. The van der Waals surface area contributed by atoms with Crippen molar-refractivity contribution in [2.75, 3.05) is 16.0 Å². The molecule has 0 bridgehead atoms. The van der Waals surface area contributed by atoms with Crippen LogP contribution >= 0.6 is 23.1 Å². The number of benzene rings is 1. The summed E-state index contributed by atoms with van der Waals surface area (Å²) in [5, 5.41) is 22.0. The number of Topliss-reactive ketones (excluding diaryl/α,β-unsaturated/α-hetero) is 1. The van der Waals surface area contributed by atoms with E-state index in [4.69, 9.17) is 10.2 Å². The maximum atomic E-state index is 13.5. The Balaban J connectivity index is 1.44. The summed E-state index contributed by atoms with van der Waals surface area (Å²) in [6, 6.07) is 13.3. The molecule has 9 nitrogen and oxygen atoms in total. The Bertz CT molecular complexity index is 1510. The van der Waals surface area contributed by atoms with Crippen LogP contribution in [-0.2, 0) is 9.59 Å². The average molecular weight is 547 g/mol. The minimum absolute atomic E-state index is 0.0465. The van der Waals surface area contributed by atoms with E-state index in [0.717, 1.165) is 11.3 Å². The number of anilines is 2. The summed E-state index contributed by atoms with van der Waals surface area (Å²) in [7, 11) is 0. The van der Waals surface area contributed by atoms with Crippen molar-refractivity contribution >= 4 is 45.6 Å². The molecule has 1 aliphatic carbocycles. The van der Waals surface area contributed by atoms with Crippen LogP contribution in [0.4, 0.5) is 10.8 Å². The van der Waals surface area contributed by atoms with E-state index in [1.54, 1.807) is 17.0 Å². The standard InChI is InChI=1S/C27H26N6O3S2/c1-15-6-4-7-16(10-15)30-21(35)14-37-26-32-31-25(38-26)33-18-11-27(2,3)12-19(34)23(18)22(17(13-28)24(33)29)20-8-5-9-36-20/h4-10,22H,11-12,14,29H2,1-3H3,(H,30,35). The fourth-order valence-electron chi connectivity index (χ4n) is 4.87. The number of nitrogens with two attached hydrogens (primary N) is 1. The second kappa shape index (κ2) is 10.1. The number of nitrogens with one attached hydrogen (secondary N) is 1. The van der Waals surface area contributed by atoms with Crippen molar-refractivity contribution in [2.45, 2.75) is 43.9 Å². The zero-order valence-corrected chi connectivity index (χ0v) is 22.8. The SMILES string of the molecule is Cc1cccc(NC(=O)CSc2nnc(N3C(N)=C(C#N)C(c4ccco4)C4=C3CC(C)(C)CC4=O)s2)c1. The lowest BCUT2D eigenvalue weighted by Crippen LogP contribution is -2.42. The molecule has 0 spiro atoms. The molecule has 3 N–H and O–H groups in total. The first-order valence-corrected chi connectivity index (χ1v) is 13.8. The van der Waals surface area contributed by atoms with Crippen LogP contribution in [0, 0.1) is 23.7 Å². The Kier molecular flexibility index (Phi) is 6.86. The average Bonchev–Trinajstić information content (AvgIpc) is 3.54. The molecule has 2 aromatic heterocycles. The van der Waals surface area contributed by atoms with Crippen LogP contribution in [0.3, 0.4) is 0 Å². The zero-order chi connectivity index (χ0) is 27.0. The highest BCUT2D eigenvalue weighted by atomic mass is 32.2. The van der Waals surface area contributed by atoms with Crippen molar-refractivity contribution in [1.29, 1.82) is 5.26 Å². The summed E-state index contributed by atoms with van der Waals surface area (Å²) in [4.78, 5) is 27.6. The van der Waals surface area contributed by atoms with E-state index < -0.39 is 5.92 Å². The number of nitrogens with zero attached hydrogens (tertiary/aromatic N) is 4. The van der Waals surface area contributed by atoms with Gasteiger partial charge in [-0.2, -0.15) is 5.26 Å². The number of allylic oxidation sites excluding steroid dienone is 3. The highest BCUT2D eigenvalue weighted by Crippen LogP contribution is 2.50. The maximum absolute atomic E-state index is 13.5. The molecule has 1 atom stereocenters. The normalized spacial score (nSPS) is 18.8. The second-order valence-electron chi connectivity index (χ2n) is 10.1. The molecule has 3 aromatic rings. The number of hydrogen-bond donors (Lipinski definition) is 2. The van der Waals surface area contributed by atoms with Crippen LogP contribution in [0.25, 0.3) is 0 Å². The van der Waals surface area contributed by atoms with Crippen LogP contribution < -0.4 is 16.0 Å². The summed E-state index contributed by atoms with van der Waals surface area (Å²) in [6.45, 7) is 6.02. The highest BCUT2D eigenvalue weighted by molar-refractivity contribution is 8.01. The summed E-state index contributed by atoms with van der Waals surface area (Å²) >= 11 is 2.52. The Morgan fingerprint density at radius 3 is 2.84 bits per heavy atom. The molecule has 194 valence electrons. The highest BCUT2D eigenvalue weighted by Gasteiger charge is 2.46. The van der Waals surface area contributed by atoms with Crippen LogP contribution in [-0.4, -0.2) is 27.6 Å². The summed E-state index contributed by atoms with van der Waals surface area (Å²) < 4.78 is 6.21. The number of amides is 1. The van der Waals surface area contributed by atoms with Crippen LogP contribution in [0.15, 0.2) is 74.1 Å². The fraction of sp³-hybridized carbons (Fsp3) is 0.296. The Morgan fingerprint density at radius 1 is 1.32 bits per heavy atom. The molecule has 1 aromatic carbocycles. The Hall–Kier alpha value is -3.88. The molecule has 0 fully saturated rings. The van der Waals surface area contributed by atoms with Gasteiger partial charge in [0.1, 0.15) is 11.6 Å². The largest absolute Gasteiger partial charge is 0.468 e.